The van der Waals surface area contributed by atoms with Crippen molar-refractivity contribution in [2.45, 2.75) is 25.5 Å². The number of aliphatic hydroxyl groups is 1. The predicted molar refractivity (Wildman–Crippen MR) is 84.5 cm³/mol. The topological polar surface area (TPSA) is 32.3 Å². The molecule has 2 atom stereocenters. The maximum absolute atomic E-state index is 10.1. The summed E-state index contributed by atoms with van der Waals surface area (Å²) in [5.41, 5.74) is 2.23. The molecule has 4 heteroatoms. The van der Waals surface area contributed by atoms with Crippen LogP contribution in [0.25, 0.3) is 0 Å². The van der Waals surface area contributed by atoms with Crippen molar-refractivity contribution in [3.8, 4) is 0 Å². The molecule has 0 aliphatic rings. The first-order chi connectivity index (χ1) is 9.20. The van der Waals surface area contributed by atoms with Gasteiger partial charge in [0.05, 0.1) is 6.10 Å². The molecule has 0 radical (unpaired) electrons. The van der Waals surface area contributed by atoms with Crippen LogP contribution in [-0.4, -0.2) is 11.7 Å². The van der Waals surface area contributed by atoms with Gasteiger partial charge in [-0.05, 0) is 46.5 Å². The number of halogens is 1. The standard InChI is InChI=1S/C15H18BrNOS/c1-2-14(11-4-3-5-13(16)8-11)17-9-15(18)12-6-7-19-10-12/h3-8,10,14-15,17-18H,2,9H2,1H3. The molecule has 102 valence electrons. The molecule has 2 unspecified atom stereocenters. The van der Waals surface area contributed by atoms with E-state index >= 15 is 0 Å². The van der Waals surface area contributed by atoms with Crippen molar-refractivity contribution in [3.05, 3.63) is 56.7 Å². The molecular weight excluding hydrogens is 322 g/mol. The molecule has 0 spiro atoms. The molecule has 0 fully saturated rings. The Morgan fingerprint density at radius 1 is 1.32 bits per heavy atom. The van der Waals surface area contributed by atoms with Crippen molar-refractivity contribution in [2.24, 2.45) is 0 Å². The zero-order valence-electron chi connectivity index (χ0n) is 10.8. The number of benzene rings is 1. The zero-order valence-corrected chi connectivity index (χ0v) is 13.2. The van der Waals surface area contributed by atoms with Gasteiger partial charge in [-0.15, -0.1) is 0 Å². The highest BCUT2D eigenvalue weighted by molar-refractivity contribution is 9.10. The Morgan fingerprint density at radius 3 is 2.79 bits per heavy atom. The molecular formula is C15H18BrNOS. The minimum Gasteiger partial charge on any atom is -0.387 e. The Balaban J connectivity index is 1.96. The van der Waals surface area contributed by atoms with E-state index in [-0.39, 0.29) is 6.04 Å². The summed E-state index contributed by atoms with van der Waals surface area (Å²) < 4.78 is 1.09. The monoisotopic (exact) mass is 339 g/mol. The van der Waals surface area contributed by atoms with E-state index in [1.165, 1.54) is 5.56 Å². The van der Waals surface area contributed by atoms with Gasteiger partial charge < -0.3 is 10.4 Å². The molecule has 0 aliphatic carbocycles. The molecule has 19 heavy (non-hydrogen) atoms. The van der Waals surface area contributed by atoms with Crippen molar-refractivity contribution in [2.75, 3.05) is 6.54 Å². The van der Waals surface area contributed by atoms with Gasteiger partial charge in [-0.3, -0.25) is 0 Å². The lowest BCUT2D eigenvalue weighted by Crippen LogP contribution is -2.26. The fourth-order valence-corrected chi connectivity index (χ4v) is 3.18. The summed E-state index contributed by atoms with van der Waals surface area (Å²) in [6.45, 7) is 2.72. The Bertz CT molecular complexity index is 501. The molecule has 1 heterocycles. The fraction of sp³-hybridized carbons (Fsp3) is 0.333. The van der Waals surface area contributed by atoms with Crippen LogP contribution in [0.1, 0.15) is 36.6 Å². The van der Waals surface area contributed by atoms with Crippen LogP contribution in [0, 0.1) is 0 Å². The Morgan fingerprint density at radius 2 is 2.16 bits per heavy atom. The zero-order chi connectivity index (χ0) is 13.7. The number of nitrogens with one attached hydrogen (secondary N) is 1. The second kappa shape index (κ2) is 7.20. The van der Waals surface area contributed by atoms with Crippen LogP contribution in [0.2, 0.25) is 0 Å². The largest absolute Gasteiger partial charge is 0.387 e. The quantitative estimate of drug-likeness (QED) is 0.822. The van der Waals surface area contributed by atoms with E-state index in [9.17, 15) is 5.11 Å². The van der Waals surface area contributed by atoms with Gasteiger partial charge in [-0.1, -0.05) is 35.0 Å². The molecule has 2 rings (SSSR count). The average molecular weight is 340 g/mol. The number of hydrogen-bond acceptors (Lipinski definition) is 3. The van der Waals surface area contributed by atoms with Crippen LogP contribution < -0.4 is 5.32 Å². The van der Waals surface area contributed by atoms with Gasteiger partial charge in [0, 0.05) is 17.1 Å². The third kappa shape index (κ3) is 4.14. The van der Waals surface area contributed by atoms with Crippen molar-refractivity contribution in [1.82, 2.24) is 5.32 Å². The van der Waals surface area contributed by atoms with E-state index < -0.39 is 6.10 Å². The van der Waals surface area contributed by atoms with Gasteiger partial charge in [-0.2, -0.15) is 11.3 Å². The van der Waals surface area contributed by atoms with E-state index in [1.54, 1.807) is 11.3 Å². The van der Waals surface area contributed by atoms with Crippen LogP contribution in [0.4, 0.5) is 0 Å². The lowest BCUT2D eigenvalue weighted by atomic mass is 10.0. The maximum Gasteiger partial charge on any atom is 0.0922 e. The molecule has 0 bridgehead atoms. The van der Waals surface area contributed by atoms with Crippen molar-refractivity contribution in [3.63, 3.8) is 0 Å². The normalized spacial score (nSPS) is 14.3. The molecule has 2 aromatic rings. The highest BCUT2D eigenvalue weighted by Gasteiger charge is 2.13. The average Bonchev–Trinajstić information content (AvgIpc) is 2.93. The van der Waals surface area contributed by atoms with Crippen LogP contribution in [0.15, 0.2) is 45.6 Å². The third-order valence-corrected chi connectivity index (χ3v) is 4.34. The molecule has 2 nitrogen and oxygen atoms in total. The SMILES string of the molecule is CCC(NCC(O)c1ccsc1)c1cccc(Br)c1. The van der Waals surface area contributed by atoms with Crippen LogP contribution in [-0.2, 0) is 0 Å². The summed E-state index contributed by atoms with van der Waals surface area (Å²) in [5, 5.41) is 17.5. The first-order valence-electron chi connectivity index (χ1n) is 6.39. The molecule has 0 amide bonds. The minimum atomic E-state index is -0.438. The van der Waals surface area contributed by atoms with Crippen molar-refractivity contribution in [1.29, 1.82) is 0 Å². The van der Waals surface area contributed by atoms with Crippen LogP contribution in [0.5, 0.6) is 0 Å². The number of thiophene rings is 1. The van der Waals surface area contributed by atoms with Gasteiger partial charge in [0.2, 0.25) is 0 Å². The first kappa shape index (κ1) is 14.7. The second-order valence-electron chi connectivity index (χ2n) is 4.50. The molecule has 1 aromatic heterocycles. The van der Waals surface area contributed by atoms with E-state index in [1.807, 2.05) is 29.0 Å². The molecule has 0 aliphatic heterocycles. The van der Waals surface area contributed by atoms with Gasteiger partial charge >= 0.3 is 0 Å². The second-order valence-corrected chi connectivity index (χ2v) is 6.19. The molecule has 0 saturated heterocycles. The van der Waals surface area contributed by atoms with E-state index in [2.05, 4.69) is 40.3 Å². The number of aliphatic hydroxyl groups excluding tert-OH is 1. The van der Waals surface area contributed by atoms with Gasteiger partial charge in [0.15, 0.2) is 0 Å². The third-order valence-electron chi connectivity index (χ3n) is 3.14. The maximum atomic E-state index is 10.1. The number of rotatable bonds is 6. The van der Waals surface area contributed by atoms with E-state index in [4.69, 9.17) is 0 Å². The summed E-state index contributed by atoms with van der Waals surface area (Å²) in [6, 6.07) is 10.5. The fourth-order valence-electron chi connectivity index (χ4n) is 2.06. The van der Waals surface area contributed by atoms with E-state index in [0.29, 0.717) is 6.54 Å². The Hall–Kier alpha value is -0.680. The highest BCUT2D eigenvalue weighted by Crippen LogP contribution is 2.22. The van der Waals surface area contributed by atoms with Gasteiger partial charge in [0.25, 0.3) is 0 Å². The summed E-state index contributed by atoms with van der Waals surface area (Å²) >= 11 is 5.11. The van der Waals surface area contributed by atoms with Crippen LogP contribution in [0.3, 0.4) is 0 Å². The lowest BCUT2D eigenvalue weighted by Gasteiger charge is -2.20. The minimum absolute atomic E-state index is 0.269. The summed E-state index contributed by atoms with van der Waals surface area (Å²) in [5.74, 6) is 0. The highest BCUT2D eigenvalue weighted by atomic mass is 79.9. The lowest BCUT2D eigenvalue weighted by molar-refractivity contribution is 0.170. The van der Waals surface area contributed by atoms with Crippen LogP contribution >= 0.6 is 27.3 Å². The molecule has 0 saturated carbocycles. The summed E-state index contributed by atoms with van der Waals surface area (Å²) in [6.07, 6.45) is 0.555. The first-order valence-corrected chi connectivity index (χ1v) is 8.13. The summed E-state index contributed by atoms with van der Waals surface area (Å²) in [7, 11) is 0. The van der Waals surface area contributed by atoms with Gasteiger partial charge in [-0.25, -0.2) is 0 Å². The van der Waals surface area contributed by atoms with Crippen molar-refractivity contribution < 1.29 is 5.11 Å². The number of hydrogen-bond donors (Lipinski definition) is 2. The predicted octanol–water partition coefficient (Wildman–Crippen LogP) is 4.28. The summed E-state index contributed by atoms with van der Waals surface area (Å²) in [4.78, 5) is 0. The van der Waals surface area contributed by atoms with Gasteiger partial charge in [0.1, 0.15) is 0 Å². The van der Waals surface area contributed by atoms with E-state index in [0.717, 1.165) is 16.5 Å². The Labute approximate surface area is 126 Å². The Kier molecular flexibility index (Phi) is 5.58. The van der Waals surface area contributed by atoms with Crippen molar-refractivity contribution >= 4 is 27.3 Å². The molecule has 1 aromatic carbocycles. The smallest absolute Gasteiger partial charge is 0.0922 e. The molecule has 2 N–H and O–H groups in total.